The van der Waals surface area contributed by atoms with E-state index in [1.54, 1.807) is 6.20 Å². The summed E-state index contributed by atoms with van der Waals surface area (Å²) in [6.45, 7) is 3.98. The van der Waals surface area contributed by atoms with E-state index in [9.17, 15) is 0 Å². The summed E-state index contributed by atoms with van der Waals surface area (Å²) in [6, 6.07) is 0. The smallest absolute Gasteiger partial charge is 0.147 e. The first kappa shape index (κ1) is 11.4. The zero-order chi connectivity index (χ0) is 11.8. The minimum absolute atomic E-state index is 0.278. The molecule has 0 unspecified atom stereocenters. The van der Waals surface area contributed by atoms with Gasteiger partial charge in [-0.25, -0.2) is 9.97 Å². The number of aromatic nitrogens is 2. The monoisotopic (exact) mass is 297 g/mol. The van der Waals surface area contributed by atoms with Crippen LogP contribution in [0.3, 0.4) is 0 Å². The molecule has 0 N–H and O–H groups in total. The van der Waals surface area contributed by atoms with Crippen LogP contribution in [0.25, 0.3) is 0 Å². The summed E-state index contributed by atoms with van der Waals surface area (Å²) < 4.78 is 6.77. The Balaban J connectivity index is 1.75. The second-order valence-electron chi connectivity index (χ2n) is 4.92. The van der Waals surface area contributed by atoms with E-state index in [-0.39, 0.29) is 6.10 Å². The van der Waals surface area contributed by atoms with E-state index in [1.807, 2.05) is 6.20 Å². The van der Waals surface area contributed by atoms with Crippen LogP contribution in [0, 0.1) is 5.92 Å². The topological polar surface area (TPSA) is 38.2 Å². The van der Waals surface area contributed by atoms with E-state index in [2.05, 4.69) is 37.7 Å². The largest absolute Gasteiger partial charge is 0.371 e. The second kappa shape index (κ2) is 4.53. The molecule has 0 aromatic carbocycles. The maximum Gasteiger partial charge on any atom is 0.147 e. The number of nitrogens with zero attached hydrogens (tertiary/aromatic N) is 3. The average molecular weight is 298 g/mol. The van der Waals surface area contributed by atoms with Crippen LogP contribution >= 0.6 is 15.9 Å². The fourth-order valence-electron chi connectivity index (χ4n) is 2.37. The molecule has 0 spiro atoms. The molecule has 2 heterocycles. The molecule has 1 aliphatic heterocycles. The van der Waals surface area contributed by atoms with Crippen molar-refractivity contribution in [3.63, 3.8) is 0 Å². The van der Waals surface area contributed by atoms with Gasteiger partial charge in [0.15, 0.2) is 0 Å². The third kappa shape index (κ3) is 2.60. The lowest BCUT2D eigenvalue weighted by molar-refractivity contribution is -0.0273. The fourth-order valence-corrected chi connectivity index (χ4v) is 2.58. The highest BCUT2D eigenvalue weighted by Crippen LogP contribution is 2.37. The molecule has 4 nitrogen and oxygen atoms in total. The Hall–Kier alpha value is -0.680. The molecule has 1 aliphatic carbocycles. The van der Waals surface area contributed by atoms with E-state index < -0.39 is 0 Å². The predicted molar refractivity (Wildman–Crippen MR) is 69.0 cm³/mol. The molecular weight excluding hydrogens is 282 g/mol. The SMILES string of the molecule is C[C@H]1CN(c2cnc(Br)cn2)C[C@H](C2CC2)O1. The summed E-state index contributed by atoms with van der Waals surface area (Å²) in [5, 5.41) is 0. The van der Waals surface area contributed by atoms with Gasteiger partial charge in [0.2, 0.25) is 0 Å². The molecule has 2 atom stereocenters. The van der Waals surface area contributed by atoms with Crippen molar-refractivity contribution in [2.45, 2.75) is 32.0 Å². The van der Waals surface area contributed by atoms with Crippen LogP contribution in [-0.2, 0) is 4.74 Å². The molecule has 5 heteroatoms. The van der Waals surface area contributed by atoms with Crippen LogP contribution in [0.5, 0.6) is 0 Å². The zero-order valence-electron chi connectivity index (χ0n) is 9.84. The number of hydrogen-bond acceptors (Lipinski definition) is 4. The van der Waals surface area contributed by atoms with Crippen molar-refractivity contribution in [2.24, 2.45) is 5.92 Å². The minimum Gasteiger partial charge on any atom is -0.371 e. The second-order valence-corrected chi connectivity index (χ2v) is 5.74. The van der Waals surface area contributed by atoms with Gasteiger partial charge in [-0.1, -0.05) is 0 Å². The third-order valence-electron chi connectivity index (χ3n) is 3.36. The van der Waals surface area contributed by atoms with Crippen molar-refractivity contribution < 1.29 is 4.74 Å². The Morgan fingerprint density at radius 1 is 1.29 bits per heavy atom. The molecule has 17 heavy (non-hydrogen) atoms. The number of hydrogen-bond donors (Lipinski definition) is 0. The molecule has 0 bridgehead atoms. The lowest BCUT2D eigenvalue weighted by atomic mass is 10.1. The van der Waals surface area contributed by atoms with Gasteiger partial charge in [-0.05, 0) is 41.6 Å². The number of rotatable bonds is 2. The van der Waals surface area contributed by atoms with Gasteiger partial charge in [0.25, 0.3) is 0 Å². The number of anilines is 1. The molecule has 0 amide bonds. The van der Waals surface area contributed by atoms with Crippen molar-refractivity contribution in [1.82, 2.24) is 9.97 Å². The Morgan fingerprint density at radius 2 is 2.12 bits per heavy atom. The van der Waals surface area contributed by atoms with Crippen LogP contribution in [0.4, 0.5) is 5.82 Å². The maximum absolute atomic E-state index is 5.99. The van der Waals surface area contributed by atoms with Gasteiger partial charge in [0.1, 0.15) is 10.4 Å². The molecule has 0 radical (unpaired) electrons. The van der Waals surface area contributed by atoms with Crippen LogP contribution in [-0.4, -0.2) is 35.3 Å². The minimum atomic E-state index is 0.278. The van der Waals surface area contributed by atoms with Crippen LogP contribution < -0.4 is 4.90 Å². The number of morpholine rings is 1. The molecule has 3 rings (SSSR count). The highest BCUT2D eigenvalue weighted by atomic mass is 79.9. The van der Waals surface area contributed by atoms with Crippen LogP contribution in [0.1, 0.15) is 19.8 Å². The summed E-state index contributed by atoms with van der Waals surface area (Å²) in [7, 11) is 0. The molecule has 1 saturated carbocycles. The van der Waals surface area contributed by atoms with Gasteiger partial charge in [-0.2, -0.15) is 0 Å². The van der Waals surface area contributed by atoms with E-state index in [0.29, 0.717) is 6.10 Å². The quantitative estimate of drug-likeness (QED) is 0.839. The summed E-state index contributed by atoms with van der Waals surface area (Å²) in [5.74, 6) is 1.72. The van der Waals surface area contributed by atoms with Crippen molar-refractivity contribution in [1.29, 1.82) is 0 Å². The predicted octanol–water partition coefficient (Wildman–Crippen LogP) is 2.24. The molecule has 92 valence electrons. The Labute approximate surface area is 110 Å². The number of halogens is 1. The van der Waals surface area contributed by atoms with Crippen molar-refractivity contribution in [2.75, 3.05) is 18.0 Å². The van der Waals surface area contributed by atoms with E-state index >= 15 is 0 Å². The van der Waals surface area contributed by atoms with Crippen LogP contribution in [0.15, 0.2) is 17.0 Å². The van der Waals surface area contributed by atoms with E-state index in [4.69, 9.17) is 4.74 Å². The van der Waals surface area contributed by atoms with Gasteiger partial charge in [0, 0.05) is 13.1 Å². The van der Waals surface area contributed by atoms with Crippen LogP contribution in [0.2, 0.25) is 0 Å². The molecule has 1 aromatic rings. The molecule has 2 fully saturated rings. The summed E-state index contributed by atoms with van der Waals surface area (Å²) in [5.41, 5.74) is 0. The normalized spacial score (nSPS) is 29.4. The number of ether oxygens (including phenoxy) is 1. The first-order valence-corrected chi connectivity index (χ1v) is 6.89. The summed E-state index contributed by atoms with van der Waals surface area (Å²) in [4.78, 5) is 10.9. The van der Waals surface area contributed by atoms with Gasteiger partial charge >= 0.3 is 0 Å². The van der Waals surface area contributed by atoms with E-state index in [1.165, 1.54) is 12.8 Å². The van der Waals surface area contributed by atoms with Gasteiger partial charge in [-0.3, -0.25) is 0 Å². The standard InChI is InChI=1S/C12H16BrN3O/c1-8-6-16(7-10(17-8)9-2-3-9)12-5-14-11(13)4-15-12/h4-5,8-10H,2-3,6-7H2,1H3/t8-,10+/m0/s1. The fraction of sp³-hybridized carbons (Fsp3) is 0.667. The van der Waals surface area contributed by atoms with Crippen molar-refractivity contribution >= 4 is 21.7 Å². The first-order valence-electron chi connectivity index (χ1n) is 6.10. The van der Waals surface area contributed by atoms with E-state index in [0.717, 1.165) is 29.4 Å². The van der Waals surface area contributed by atoms with Crippen molar-refractivity contribution in [3.8, 4) is 0 Å². The lowest BCUT2D eigenvalue weighted by Crippen LogP contribution is -2.47. The Morgan fingerprint density at radius 3 is 2.76 bits per heavy atom. The molecule has 2 aliphatic rings. The van der Waals surface area contributed by atoms with Gasteiger partial charge < -0.3 is 9.64 Å². The third-order valence-corrected chi connectivity index (χ3v) is 3.77. The zero-order valence-corrected chi connectivity index (χ0v) is 11.4. The highest BCUT2D eigenvalue weighted by Gasteiger charge is 2.37. The van der Waals surface area contributed by atoms with Crippen molar-refractivity contribution in [3.05, 3.63) is 17.0 Å². The Kier molecular flexibility index (Phi) is 3.04. The average Bonchev–Trinajstić information content (AvgIpc) is 3.13. The molecule has 1 aromatic heterocycles. The Bertz CT molecular complexity index is 393. The first-order chi connectivity index (χ1) is 8.22. The lowest BCUT2D eigenvalue weighted by Gasteiger charge is -2.37. The highest BCUT2D eigenvalue weighted by molar-refractivity contribution is 9.10. The van der Waals surface area contributed by atoms with Gasteiger partial charge in [0.05, 0.1) is 24.6 Å². The maximum atomic E-state index is 5.99. The van der Waals surface area contributed by atoms with Gasteiger partial charge in [-0.15, -0.1) is 0 Å². The molecule has 1 saturated heterocycles. The molecular formula is C12H16BrN3O. The summed E-state index contributed by atoms with van der Waals surface area (Å²) in [6.07, 6.45) is 6.87. The summed E-state index contributed by atoms with van der Waals surface area (Å²) >= 11 is 3.31.